The first kappa shape index (κ1) is 11.9. The zero-order valence-electron chi connectivity index (χ0n) is 9.68. The summed E-state index contributed by atoms with van der Waals surface area (Å²) in [6.45, 7) is 5.00. The van der Waals surface area contributed by atoms with E-state index < -0.39 is 0 Å². The standard InChI is InChI=1S/C13H19NO/c1-11(2)13(10-15-3)14-9-12-7-5-4-6-8-12/h4-9,11,13H,10H2,1-3H3/t13-/m0/s1. The Morgan fingerprint density at radius 1 is 1.27 bits per heavy atom. The maximum Gasteiger partial charge on any atom is 0.0755 e. The number of nitrogens with zero attached hydrogens (tertiary/aromatic N) is 1. The Kier molecular flexibility index (Phi) is 5.05. The van der Waals surface area contributed by atoms with Crippen molar-refractivity contribution in [2.45, 2.75) is 19.9 Å². The van der Waals surface area contributed by atoms with Gasteiger partial charge in [0.25, 0.3) is 0 Å². The Hall–Kier alpha value is -1.15. The van der Waals surface area contributed by atoms with Gasteiger partial charge in [-0.05, 0) is 11.5 Å². The Bertz CT molecular complexity index is 293. The molecule has 1 atom stereocenters. The van der Waals surface area contributed by atoms with E-state index in [1.54, 1.807) is 7.11 Å². The fraction of sp³-hybridized carbons (Fsp3) is 0.462. The predicted molar refractivity (Wildman–Crippen MR) is 64.5 cm³/mol. The molecule has 0 bridgehead atoms. The summed E-state index contributed by atoms with van der Waals surface area (Å²) < 4.78 is 5.14. The van der Waals surface area contributed by atoms with E-state index in [-0.39, 0.29) is 6.04 Å². The smallest absolute Gasteiger partial charge is 0.0755 e. The van der Waals surface area contributed by atoms with E-state index in [9.17, 15) is 0 Å². The van der Waals surface area contributed by atoms with E-state index in [2.05, 4.69) is 18.8 Å². The molecule has 1 aromatic carbocycles. The second kappa shape index (κ2) is 6.36. The van der Waals surface area contributed by atoms with Crippen molar-refractivity contribution in [1.29, 1.82) is 0 Å². The number of benzene rings is 1. The summed E-state index contributed by atoms with van der Waals surface area (Å²) in [5.41, 5.74) is 1.14. The highest BCUT2D eigenvalue weighted by atomic mass is 16.5. The van der Waals surface area contributed by atoms with E-state index in [0.29, 0.717) is 12.5 Å². The molecule has 1 rings (SSSR count). The van der Waals surface area contributed by atoms with E-state index in [4.69, 9.17) is 4.74 Å². The molecule has 0 N–H and O–H groups in total. The van der Waals surface area contributed by atoms with Crippen molar-refractivity contribution in [2.24, 2.45) is 10.9 Å². The number of ether oxygens (including phenoxy) is 1. The highest BCUT2D eigenvalue weighted by Crippen LogP contribution is 2.07. The SMILES string of the molecule is COC[C@H](N=Cc1ccccc1)C(C)C. The highest BCUT2D eigenvalue weighted by molar-refractivity contribution is 5.79. The van der Waals surface area contributed by atoms with Gasteiger partial charge < -0.3 is 4.74 Å². The minimum Gasteiger partial charge on any atom is -0.382 e. The first-order chi connectivity index (χ1) is 7.24. The van der Waals surface area contributed by atoms with Crippen LogP contribution in [-0.4, -0.2) is 26.0 Å². The summed E-state index contributed by atoms with van der Waals surface area (Å²) in [7, 11) is 1.72. The molecule has 0 heterocycles. The Morgan fingerprint density at radius 2 is 1.93 bits per heavy atom. The molecule has 0 unspecified atom stereocenters. The lowest BCUT2D eigenvalue weighted by molar-refractivity contribution is 0.165. The van der Waals surface area contributed by atoms with E-state index in [0.717, 1.165) is 5.56 Å². The molecule has 0 aliphatic rings. The molecular formula is C13H19NO. The average molecular weight is 205 g/mol. The minimum atomic E-state index is 0.246. The monoisotopic (exact) mass is 205 g/mol. The van der Waals surface area contributed by atoms with Crippen LogP contribution >= 0.6 is 0 Å². The topological polar surface area (TPSA) is 21.6 Å². The van der Waals surface area contributed by atoms with Gasteiger partial charge in [-0.2, -0.15) is 0 Å². The summed E-state index contributed by atoms with van der Waals surface area (Å²) in [5, 5.41) is 0. The molecule has 0 saturated heterocycles. The zero-order chi connectivity index (χ0) is 11.1. The van der Waals surface area contributed by atoms with Gasteiger partial charge in [-0.15, -0.1) is 0 Å². The number of rotatable bonds is 5. The van der Waals surface area contributed by atoms with Crippen LogP contribution in [0.3, 0.4) is 0 Å². The third-order valence-electron chi connectivity index (χ3n) is 2.32. The first-order valence-corrected chi connectivity index (χ1v) is 5.31. The second-order valence-electron chi connectivity index (χ2n) is 3.96. The van der Waals surface area contributed by atoms with Gasteiger partial charge in [0.05, 0.1) is 12.6 Å². The van der Waals surface area contributed by atoms with Crippen molar-refractivity contribution >= 4 is 6.21 Å². The van der Waals surface area contributed by atoms with Crippen molar-refractivity contribution in [3.8, 4) is 0 Å². The van der Waals surface area contributed by atoms with Crippen LogP contribution in [0.1, 0.15) is 19.4 Å². The first-order valence-electron chi connectivity index (χ1n) is 5.31. The lowest BCUT2D eigenvalue weighted by Crippen LogP contribution is -2.19. The van der Waals surface area contributed by atoms with Crippen molar-refractivity contribution in [2.75, 3.05) is 13.7 Å². The van der Waals surface area contributed by atoms with Crippen LogP contribution in [0, 0.1) is 5.92 Å². The molecule has 0 aromatic heterocycles. The van der Waals surface area contributed by atoms with Gasteiger partial charge in [0.1, 0.15) is 0 Å². The normalized spacial score (nSPS) is 13.6. The molecule has 0 saturated carbocycles. The van der Waals surface area contributed by atoms with Crippen LogP contribution in [0.25, 0.3) is 0 Å². The lowest BCUT2D eigenvalue weighted by Gasteiger charge is -2.14. The van der Waals surface area contributed by atoms with E-state index in [1.807, 2.05) is 36.5 Å². The largest absolute Gasteiger partial charge is 0.382 e. The molecule has 2 nitrogen and oxygen atoms in total. The van der Waals surface area contributed by atoms with E-state index >= 15 is 0 Å². The van der Waals surface area contributed by atoms with Gasteiger partial charge in [0.2, 0.25) is 0 Å². The van der Waals surface area contributed by atoms with Crippen molar-refractivity contribution in [3.05, 3.63) is 35.9 Å². The summed E-state index contributed by atoms with van der Waals surface area (Å²) in [4.78, 5) is 4.53. The second-order valence-corrected chi connectivity index (χ2v) is 3.96. The van der Waals surface area contributed by atoms with Crippen LogP contribution in [0.2, 0.25) is 0 Å². The number of hydrogen-bond acceptors (Lipinski definition) is 2. The molecule has 82 valence electrons. The maximum absolute atomic E-state index is 5.14. The van der Waals surface area contributed by atoms with Gasteiger partial charge in [0, 0.05) is 13.3 Å². The number of methoxy groups -OCH3 is 1. The van der Waals surface area contributed by atoms with Crippen molar-refractivity contribution < 1.29 is 4.74 Å². The van der Waals surface area contributed by atoms with Gasteiger partial charge in [-0.1, -0.05) is 44.2 Å². The summed E-state index contributed by atoms with van der Waals surface area (Å²) in [6, 6.07) is 10.4. The molecule has 0 spiro atoms. The number of hydrogen-bond donors (Lipinski definition) is 0. The molecule has 0 fully saturated rings. The Balaban J connectivity index is 2.61. The molecule has 0 amide bonds. The quantitative estimate of drug-likeness (QED) is 0.677. The molecule has 2 heteroatoms. The predicted octanol–water partition coefficient (Wildman–Crippen LogP) is 2.78. The van der Waals surface area contributed by atoms with Crippen LogP contribution in [-0.2, 0) is 4.74 Å². The third kappa shape index (κ3) is 4.26. The van der Waals surface area contributed by atoms with Crippen molar-refractivity contribution in [3.63, 3.8) is 0 Å². The minimum absolute atomic E-state index is 0.246. The van der Waals surface area contributed by atoms with Crippen molar-refractivity contribution in [1.82, 2.24) is 0 Å². The molecule has 0 radical (unpaired) electrons. The Labute approximate surface area is 92.0 Å². The summed E-state index contributed by atoms with van der Waals surface area (Å²) in [6.07, 6.45) is 1.92. The average Bonchev–Trinajstić information content (AvgIpc) is 2.25. The van der Waals surface area contributed by atoms with Crippen LogP contribution in [0.15, 0.2) is 35.3 Å². The summed E-state index contributed by atoms with van der Waals surface area (Å²) >= 11 is 0. The molecular weight excluding hydrogens is 186 g/mol. The zero-order valence-corrected chi connectivity index (χ0v) is 9.68. The van der Waals surface area contributed by atoms with Crippen LogP contribution in [0.5, 0.6) is 0 Å². The van der Waals surface area contributed by atoms with E-state index in [1.165, 1.54) is 0 Å². The van der Waals surface area contributed by atoms with Crippen LogP contribution < -0.4 is 0 Å². The molecule has 15 heavy (non-hydrogen) atoms. The van der Waals surface area contributed by atoms with Gasteiger partial charge in [0.15, 0.2) is 0 Å². The van der Waals surface area contributed by atoms with Gasteiger partial charge >= 0.3 is 0 Å². The number of aliphatic imine (C=N–C) groups is 1. The third-order valence-corrected chi connectivity index (χ3v) is 2.32. The lowest BCUT2D eigenvalue weighted by atomic mass is 10.1. The highest BCUT2D eigenvalue weighted by Gasteiger charge is 2.09. The van der Waals surface area contributed by atoms with Gasteiger partial charge in [-0.3, -0.25) is 4.99 Å². The maximum atomic E-state index is 5.14. The van der Waals surface area contributed by atoms with Gasteiger partial charge in [-0.25, -0.2) is 0 Å². The fourth-order valence-electron chi connectivity index (χ4n) is 1.30. The molecule has 0 aliphatic carbocycles. The fourth-order valence-corrected chi connectivity index (χ4v) is 1.30. The van der Waals surface area contributed by atoms with Crippen LogP contribution in [0.4, 0.5) is 0 Å². The Morgan fingerprint density at radius 3 is 2.47 bits per heavy atom. The molecule has 0 aliphatic heterocycles. The summed E-state index contributed by atoms with van der Waals surface area (Å²) in [5.74, 6) is 0.505. The molecule has 1 aromatic rings.